The molecule has 0 aliphatic carbocycles. The third-order valence-corrected chi connectivity index (χ3v) is 18.9. The highest BCUT2D eigenvalue weighted by molar-refractivity contribution is 7.90. The molecule has 370 valence electrons. The number of fused-ring (bicyclic) bond motifs is 8. The van der Waals surface area contributed by atoms with E-state index < -0.39 is 40.1 Å². The van der Waals surface area contributed by atoms with Crippen molar-refractivity contribution in [3.63, 3.8) is 0 Å². The number of nitrogens with one attached hydrogen (secondary N) is 6. The van der Waals surface area contributed by atoms with Gasteiger partial charge >= 0.3 is 0 Å². The van der Waals surface area contributed by atoms with E-state index in [1.165, 1.54) is 101 Å². The van der Waals surface area contributed by atoms with Crippen LogP contribution in [0.4, 0.5) is 0 Å². The highest BCUT2D eigenvalue weighted by Crippen LogP contribution is 2.44. The van der Waals surface area contributed by atoms with Gasteiger partial charge in [0.1, 0.15) is 0 Å². The second kappa shape index (κ2) is 19.3. The van der Waals surface area contributed by atoms with Crippen molar-refractivity contribution in [1.29, 1.82) is 0 Å². The van der Waals surface area contributed by atoms with Crippen molar-refractivity contribution in [1.82, 2.24) is 38.8 Å². The van der Waals surface area contributed by atoms with E-state index in [2.05, 4.69) is 28.9 Å². The Hall–Kier alpha value is -5.72. The molecule has 2 aliphatic rings. The maximum absolute atomic E-state index is 13.3. The van der Waals surface area contributed by atoms with Crippen molar-refractivity contribution in [2.75, 3.05) is 28.2 Å². The summed E-state index contributed by atoms with van der Waals surface area (Å²) in [6.07, 6.45) is 6.70. The predicted octanol–water partition coefficient (Wildman–Crippen LogP) is 9.57. The zero-order valence-corrected chi connectivity index (χ0v) is 44.1. The summed E-state index contributed by atoms with van der Waals surface area (Å²) < 4.78 is 116. The molecule has 16 nitrogen and oxygen atoms in total. The molecule has 3 aromatic heterocycles. The summed E-state index contributed by atoms with van der Waals surface area (Å²) in [6.45, 7) is 0. The van der Waals surface area contributed by atoms with Gasteiger partial charge in [-0.2, -0.15) is 0 Å². The molecule has 0 saturated carbocycles. The molecule has 0 unspecified atom stereocenters. The molecular formula is C48H38Cl4N8O8S4. The summed E-state index contributed by atoms with van der Waals surface area (Å²) in [7, 11) is -11.0. The first-order valence-electron chi connectivity index (χ1n) is 21.2. The van der Waals surface area contributed by atoms with Gasteiger partial charge in [0.2, 0.25) is 40.1 Å². The van der Waals surface area contributed by atoms with Crippen molar-refractivity contribution >= 4 is 133 Å². The number of sulfonamides is 4. The third kappa shape index (κ3) is 9.31. The Morgan fingerprint density at radius 2 is 0.556 bits per heavy atom. The summed E-state index contributed by atoms with van der Waals surface area (Å²) in [5.74, 6) is 0. The molecule has 2 aliphatic heterocycles. The monoisotopic (exact) mass is 1120 g/mol. The van der Waals surface area contributed by atoms with E-state index in [4.69, 9.17) is 56.4 Å². The molecule has 6 N–H and O–H groups in total. The Morgan fingerprint density at radius 3 is 0.750 bits per heavy atom. The molecule has 72 heavy (non-hydrogen) atoms. The lowest BCUT2D eigenvalue weighted by atomic mass is 10.0. The molecule has 0 amide bonds. The molecule has 7 aromatic rings. The number of halogens is 4. The van der Waals surface area contributed by atoms with Gasteiger partial charge in [0.25, 0.3) is 0 Å². The number of aromatic nitrogens is 4. The van der Waals surface area contributed by atoms with Crippen LogP contribution in [0, 0.1) is 0 Å². The van der Waals surface area contributed by atoms with Crippen molar-refractivity contribution in [3.8, 4) is 44.5 Å². The zero-order chi connectivity index (χ0) is 51.7. The van der Waals surface area contributed by atoms with E-state index in [9.17, 15) is 33.7 Å². The van der Waals surface area contributed by atoms with Crippen LogP contribution < -0.4 is 18.9 Å². The Kier molecular flexibility index (Phi) is 13.7. The minimum absolute atomic E-state index is 0.112. The molecule has 0 saturated heterocycles. The largest absolute Gasteiger partial charge is 0.354 e. The van der Waals surface area contributed by atoms with Crippen LogP contribution in [-0.4, -0.2) is 81.8 Å². The van der Waals surface area contributed by atoms with E-state index in [-0.39, 0.29) is 84.7 Å². The number of benzene rings is 4. The third-order valence-electron chi connectivity index (χ3n) is 11.9. The van der Waals surface area contributed by atoms with E-state index >= 15 is 0 Å². The maximum Gasteiger partial charge on any atom is 0.240 e. The second-order valence-corrected chi connectivity index (χ2v) is 25.1. The number of hydrogen-bond donors (Lipinski definition) is 6. The Balaban J connectivity index is 1.53. The van der Waals surface area contributed by atoms with Crippen LogP contribution in [0.15, 0.2) is 117 Å². The number of hydrogen-bond acceptors (Lipinski definition) is 10. The first kappa shape index (κ1) is 51.2. The van der Waals surface area contributed by atoms with E-state index in [1.807, 2.05) is 0 Å². The molecule has 24 heteroatoms. The van der Waals surface area contributed by atoms with Gasteiger partial charge in [-0.1, -0.05) is 46.4 Å². The molecule has 5 heterocycles. The van der Waals surface area contributed by atoms with Crippen molar-refractivity contribution < 1.29 is 33.7 Å². The number of H-pyrrole nitrogens is 2. The molecule has 8 bridgehead atoms. The summed E-state index contributed by atoms with van der Waals surface area (Å²) in [6, 6.07) is 23.6. The van der Waals surface area contributed by atoms with E-state index in [0.717, 1.165) is 0 Å². The SMILES string of the molecule is CNS(=O)(=O)c1ccc(Cl)c(-c2c3nc(c(-c4cc(S(=O)(=O)NC)ccc4Cl)c4ccc([nH]4)c(-c4cc(S(=O)(=O)NC)ccc4Cl)c4nc(c(-c5cc(S(=O)(=O)NC)ccc5Cl)c5ccc2[nH]5)C=C4)C=C3)c1. The lowest BCUT2D eigenvalue weighted by Gasteiger charge is -2.12. The smallest absolute Gasteiger partial charge is 0.240 e. The van der Waals surface area contributed by atoms with Crippen molar-refractivity contribution in [2.45, 2.75) is 19.6 Å². The standard InChI is InChI=1S/C48H38Cl4N8O8S4/c1-53-69(61,62)25-5-9-33(49)29(21-25)45-37-13-15-39(57-37)46(30-22-26(6-10-34(30)50)70(63,64)54-2)41-17-19-43(59-41)48(32-24-28(8-12-36(32)52)72(67,68)56-4)44-20-18-42(60-44)47(40-16-14-38(45)58-40)31-23-27(7-11-35(31)51)71(65,66)55-3/h5-24,53-57,60H,1-4H3. The molecular weight excluding hydrogens is 1090 g/mol. The fourth-order valence-corrected chi connectivity index (χ4v) is 12.1. The molecule has 0 fully saturated rings. The van der Waals surface area contributed by atoms with Gasteiger partial charge in [0.15, 0.2) is 0 Å². The summed E-state index contributed by atoms with van der Waals surface area (Å²) >= 11 is 28.0. The summed E-state index contributed by atoms with van der Waals surface area (Å²) in [5.41, 5.74) is 4.71. The van der Waals surface area contributed by atoms with Gasteiger partial charge in [-0.15, -0.1) is 0 Å². The number of aromatic amines is 2. The van der Waals surface area contributed by atoms with Crippen LogP contribution in [0.5, 0.6) is 0 Å². The van der Waals surface area contributed by atoms with Gasteiger partial charge in [0, 0.05) is 86.7 Å². The highest BCUT2D eigenvalue weighted by atomic mass is 35.5. The fourth-order valence-electron chi connectivity index (χ4n) is 8.26. The predicted molar refractivity (Wildman–Crippen MR) is 286 cm³/mol. The first-order valence-corrected chi connectivity index (χ1v) is 28.7. The van der Waals surface area contributed by atoms with Crippen LogP contribution in [0.25, 0.3) is 90.9 Å². The van der Waals surface area contributed by atoms with Gasteiger partial charge in [-0.25, -0.2) is 62.5 Å². The van der Waals surface area contributed by atoms with Gasteiger partial charge in [0.05, 0.1) is 42.4 Å². The summed E-state index contributed by atoms with van der Waals surface area (Å²) in [5, 5.41) is 0.590. The highest BCUT2D eigenvalue weighted by Gasteiger charge is 2.26. The van der Waals surface area contributed by atoms with Crippen LogP contribution >= 0.6 is 46.4 Å². The lowest BCUT2D eigenvalue weighted by Crippen LogP contribution is -2.18. The lowest BCUT2D eigenvalue weighted by molar-refractivity contribution is 0.586. The number of rotatable bonds is 12. The molecule has 0 spiro atoms. The maximum atomic E-state index is 13.3. The molecule has 0 atom stereocenters. The average molecular weight is 1120 g/mol. The topological polar surface area (TPSA) is 242 Å². The minimum Gasteiger partial charge on any atom is -0.354 e. The van der Waals surface area contributed by atoms with E-state index in [0.29, 0.717) is 44.3 Å². The number of nitrogens with zero attached hydrogens (tertiary/aromatic N) is 2. The van der Waals surface area contributed by atoms with Crippen LogP contribution in [-0.2, 0) is 40.1 Å². The molecule has 9 rings (SSSR count). The van der Waals surface area contributed by atoms with Gasteiger partial charge in [-0.3, -0.25) is 0 Å². The fraction of sp³-hybridized carbons (Fsp3) is 0.0833. The van der Waals surface area contributed by atoms with E-state index in [1.54, 1.807) is 48.6 Å². The minimum atomic E-state index is -4.02. The second-order valence-electron chi connectivity index (χ2n) is 15.9. The first-order chi connectivity index (χ1) is 34.1. The molecule has 0 radical (unpaired) electrons. The van der Waals surface area contributed by atoms with Crippen LogP contribution in [0.3, 0.4) is 0 Å². The van der Waals surface area contributed by atoms with Crippen molar-refractivity contribution in [2.24, 2.45) is 0 Å². The van der Waals surface area contributed by atoms with Gasteiger partial charge < -0.3 is 9.97 Å². The van der Waals surface area contributed by atoms with Gasteiger partial charge in [-0.05, 0) is 150 Å². The van der Waals surface area contributed by atoms with Crippen LogP contribution in [0.1, 0.15) is 22.8 Å². The normalized spacial score (nSPS) is 13.0. The molecule has 4 aromatic carbocycles. The Bertz CT molecular complexity index is 3660. The average Bonchev–Trinajstić information content (AvgIpc) is 4.22. The van der Waals surface area contributed by atoms with Crippen molar-refractivity contribution in [3.05, 3.63) is 140 Å². The zero-order valence-electron chi connectivity index (χ0n) is 37.9. The quantitative estimate of drug-likeness (QED) is 0.0677. The Morgan fingerprint density at radius 1 is 0.347 bits per heavy atom. The van der Waals surface area contributed by atoms with Crippen LogP contribution in [0.2, 0.25) is 20.1 Å². The summed E-state index contributed by atoms with van der Waals surface area (Å²) in [4.78, 5) is 16.7. The Labute approximate surface area is 434 Å².